The molecule has 6 heteroatoms. The molecule has 0 spiro atoms. The highest BCUT2D eigenvalue weighted by atomic mass is 16.5. The van der Waals surface area contributed by atoms with E-state index in [0.29, 0.717) is 24.8 Å². The second-order valence-corrected chi connectivity index (χ2v) is 8.92. The molecular formula is C25H34N4O2. The van der Waals surface area contributed by atoms with E-state index < -0.39 is 0 Å². The Hall–Kier alpha value is -2.44. The molecule has 1 aromatic heterocycles. The van der Waals surface area contributed by atoms with Crippen molar-refractivity contribution in [2.75, 3.05) is 40.3 Å². The number of carbonyl (C=O) groups excluding carboxylic acids is 1. The number of nitrogens with zero attached hydrogens (tertiary/aromatic N) is 4. The number of pyridine rings is 1. The fourth-order valence-corrected chi connectivity index (χ4v) is 4.55. The molecule has 2 aliphatic rings. The Morgan fingerprint density at radius 3 is 2.39 bits per heavy atom. The molecule has 2 aromatic rings. The number of amides is 1. The summed E-state index contributed by atoms with van der Waals surface area (Å²) in [7, 11) is 4.44. The van der Waals surface area contributed by atoms with Crippen molar-refractivity contribution in [3.05, 3.63) is 59.9 Å². The topological polar surface area (TPSA) is 48.9 Å². The lowest BCUT2D eigenvalue weighted by atomic mass is 10.0. The Morgan fingerprint density at radius 1 is 1.03 bits per heavy atom. The summed E-state index contributed by atoms with van der Waals surface area (Å²) in [6, 6.07) is 14.7. The number of hydrogen-bond donors (Lipinski definition) is 0. The Balaban J connectivity index is 1.23. The predicted octanol–water partition coefficient (Wildman–Crippen LogP) is 3.29. The lowest BCUT2D eigenvalue weighted by molar-refractivity contribution is 0.0590. The summed E-state index contributed by atoms with van der Waals surface area (Å²) >= 11 is 0. The number of aromatic nitrogens is 1. The highest BCUT2D eigenvalue weighted by molar-refractivity contribution is 5.92. The van der Waals surface area contributed by atoms with Crippen molar-refractivity contribution in [3.63, 3.8) is 0 Å². The summed E-state index contributed by atoms with van der Waals surface area (Å²) < 4.78 is 6.20. The van der Waals surface area contributed by atoms with Crippen LogP contribution in [0, 0.1) is 0 Å². The number of hydrogen-bond acceptors (Lipinski definition) is 5. The fourth-order valence-electron chi connectivity index (χ4n) is 4.55. The van der Waals surface area contributed by atoms with Crippen molar-refractivity contribution in [1.82, 2.24) is 19.7 Å². The summed E-state index contributed by atoms with van der Waals surface area (Å²) in [5.41, 5.74) is 1.84. The Bertz CT molecular complexity index is 826. The van der Waals surface area contributed by atoms with Crippen LogP contribution in [0.5, 0.6) is 5.75 Å². The van der Waals surface area contributed by atoms with Crippen molar-refractivity contribution in [2.45, 2.75) is 44.4 Å². The molecule has 31 heavy (non-hydrogen) atoms. The number of ether oxygens (including phenoxy) is 1. The van der Waals surface area contributed by atoms with Gasteiger partial charge in [0.15, 0.2) is 0 Å². The molecule has 1 amide bonds. The lowest BCUT2D eigenvalue weighted by Crippen LogP contribution is -2.42. The van der Waals surface area contributed by atoms with E-state index in [-0.39, 0.29) is 12.0 Å². The molecule has 2 fully saturated rings. The molecule has 0 N–H and O–H groups in total. The van der Waals surface area contributed by atoms with E-state index in [1.54, 1.807) is 12.3 Å². The number of piperidine rings is 2. The van der Waals surface area contributed by atoms with Gasteiger partial charge in [-0.1, -0.05) is 18.2 Å². The Kier molecular flexibility index (Phi) is 7.20. The lowest BCUT2D eigenvalue weighted by Gasteiger charge is -2.35. The molecule has 4 rings (SSSR count). The summed E-state index contributed by atoms with van der Waals surface area (Å²) in [6.45, 7) is 4.77. The quantitative estimate of drug-likeness (QED) is 0.715. The first-order valence-electron chi connectivity index (χ1n) is 11.4. The zero-order chi connectivity index (χ0) is 21.6. The van der Waals surface area contributed by atoms with E-state index in [4.69, 9.17) is 4.74 Å². The average Bonchev–Trinajstić information content (AvgIpc) is 2.81. The standard InChI is InChI=1S/C25H34N4O2/c1-27-15-10-21(11-16-27)28(2)19-20-6-8-22(9-7-20)31-23-12-17-29(18-13-23)25(30)24-5-3-4-14-26-24/h3-9,14,21,23H,10-13,15-19H2,1-2H3. The van der Waals surface area contributed by atoms with Crippen molar-refractivity contribution in [3.8, 4) is 5.75 Å². The van der Waals surface area contributed by atoms with Gasteiger partial charge in [-0.2, -0.15) is 0 Å². The van der Waals surface area contributed by atoms with E-state index in [1.807, 2.05) is 17.0 Å². The molecule has 0 bridgehead atoms. The van der Waals surface area contributed by atoms with Gasteiger partial charge < -0.3 is 14.5 Å². The minimum Gasteiger partial charge on any atom is -0.490 e. The Morgan fingerprint density at radius 2 is 1.74 bits per heavy atom. The highest BCUT2D eigenvalue weighted by Gasteiger charge is 2.25. The van der Waals surface area contributed by atoms with Crippen LogP contribution in [0.3, 0.4) is 0 Å². The zero-order valence-electron chi connectivity index (χ0n) is 18.7. The summed E-state index contributed by atoms with van der Waals surface area (Å²) in [4.78, 5) is 23.5. The molecule has 3 heterocycles. The largest absolute Gasteiger partial charge is 0.490 e. The second-order valence-electron chi connectivity index (χ2n) is 8.92. The number of carbonyl (C=O) groups is 1. The monoisotopic (exact) mass is 422 g/mol. The van der Waals surface area contributed by atoms with Crippen LogP contribution >= 0.6 is 0 Å². The van der Waals surface area contributed by atoms with E-state index in [1.165, 1.54) is 31.5 Å². The Labute approximate surface area is 185 Å². The van der Waals surface area contributed by atoms with Crippen LogP contribution in [-0.2, 0) is 6.54 Å². The summed E-state index contributed by atoms with van der Waals surface area (Å²) in [5.74, 6) is 0.928. The van der Waals surface area contributed by atoms with Crippen LogP contribution in [0.1, 0.15) is 41.7 Å². The maximum absolute atomic E-state index is 12.5. The molecule has 2 saturated heterocycles. The van der Waals surface area contributed by atoms with Gasteiger partial charge in [-0.05, 0) is 69.9 Å². The molecule has 0 aliphatic carbocycles. The third-order valence-electron chi connectivity index (χ3n) is 6.58. The van der Waals surface area contributed by atoms with E-state index in [0.717, 1.165) is 25.1 Å². The first-order valence-corrected chi connectivity index (χ1v) is 11.4. The van der Waals surface area contributed by atoms with E-state index >= 15 is 0 Å². The molecule has 166 valence electrons. The van der Waals surface area contributed by atoms with Crippen molar-refractivity contribution in [1.29, 1.82) is 0 Å². The molecule has 1 aromatic carbocycles. The van der Waals surface area contributed by atoms with E-state index in [2.05, 4.69) is 53.1 Å². The van der Waals surface area contributed by atoms with Gasteiger partial charge in [0.1, 0.15) is 17.5 Å². The molecule has 0 radical (unpaired) electrons. The minimum absolute atomic E-state index is 0.0112. The van der Waals surface area contributed by atoms with Gasteiger partial charge in [0.25, 0.3) is 5.91 Å². The number of likely N-dealkylation sites (tertiary alicyclic amines) is 2. The third kappa shape index (κ3) is 5.83. The summed E-state index contributed by atoms with van der Waals surface area (Å²) in [6.07, 6.45) is 6.00. The second kappa shape index (κ2) is 10.2. The van der Waals surface area contributed by atoms with Crippen LogP contribution in [0.25, 0.3) is 0 Å². The summed E-state index contributed by atoms with van der Waals surface area (Å²) in [5, 5.41) is 0. The number of benzene rings is 1. The predicted molar refractivity (Wildman–Crippen MR) is 122 cm³/mol. The smallest absolute Gasteiger partial charge is 0.272 e. The van der Waals surface area contributed by atoms with Gasteiger partial charge in [-0.3, -0.25) is 14.7 Å². The molecule has 0 atom stereocenters. The van der Waals surface area contributed by atoms with Crippen molar-refractivity contribution >= 4 is 5.91 Å². The molecule has 6 nitrogen and oxygen atoms in total. The molecule has 2 aliphatic heterocycles. The zero-order valence-corrected chi connectivity index (χ0v) is 18.7. The van der Waals surface area contributed by atoms with Gasteiger partial charge in [0.05, 0.1) is 0 Å². The maximum atomic E-state index is 12.5. The first-order chi connectivity index (χ1) is 15.1. The van der Waals surface area contributed by atoms with Crippen molar-refractivity contribution in [2.24, 2.45) is 0 Å². The fraction of sp³-hybridized carbons (Fsp3) is 0.520. The van der Waals surface area contributed by atoms with Crippen LogP contribution in [-0.4, -0.2) is 78.0 Å². The third-order valence-corrected chi connectivity index (χ3v) is 6.58. The van der Waals surface area contributed by atoms with Gasteiger partial charge in [0, 0.05) is 44.7 Å². The average molecular weight is 423 g/mol. The highest BCUT2D eigenvalue weighted by Crippen LogP contribution is 2.22. The van der Waals surface area contributed by atoms with Crippen molar-refractivity contribution < 1.29 is 9.53 Å². The van der Waals surface area contributed by atoms with Crippen LogP contribution in [0.2, 0.25) is 0 Å². The van der Waals surface area contributed by atoms with Gasteiger partial charge in [-0.25, -0.2) is 0 Å². The minimum atomic E-state index is 0.0112. The maximum Gasteiger partial charge on any atom is 0.272 e. The van der Waals surface area contributed by atoms with Gasteiger partial charge >= 0.3 is 0 Å². The van der Waals surface area contributed by atoms with Crippen LogP contribution < -0.4 is 4.74 Å². The molecule has 0 unspecified atom stereocenters. The first kappa shape index (κ1) is 21.8. The van der Waals surface area contributed by atoms with Gasteiger partial charge in [0.2, 0.25) is 0 Å². The molecule has 0 saturated carbocycles. The SMILES string of the molecule is CN1CCC(N(C)Cc2ccc(OC3CCN(C(=O)c4ccccn4)CC3)cc2)CC1. The van der Waals surface area contributed by atoms with Crippen LogP contribution in [0.15, 0.2) is 48.7 Å². The molecular weight excluding hydrogens is 388 g/mol. The van der Waals surface area contributed by atoms with Gasteiger partial charge in [-0.15, -0.1) is 0 Å². The number of rotatable bonds is 6. The van der Waals surface area contributed by atoms with E-state index in [9.17, 15) is 4.79 Å². The normalized spacial score (nSPS) is 19.0. The van der Waals surface area contributed by atoms with Crippen LogP contribution in [0.4, 0.5) is 0 Å².